The molecule has 1 aliphatic rings. The Balaban J connectivity index is 2.33. The monoisotopic (exact) mass is 307 g/mol. The van der Waals surface area contributed by atoms with E-state index in [0.717, 1.165) is 30.1 Å². The Morgan fingerprint density at radius 3 is 2.70 bits per heavy atom. The third kappa shape index (κ3) is 3.47. The van der Waals surface area contributed by atoms with Crippen LogP contribution >= 0.6 is 11.8 Å². The second-order valence-corrected chi connectivity index (χ2v) is 6.05. The van der Waals surface area contributed by atoms with E-state index in [4.69, 9.17) is 0 Å². The SMILES string of the molecule is CCNC(c1ccc(F)c(C(F)(F)F)c1)C1CCSC1. The standard InChI is InChI=1S/C14H17F4NS/c1-2-19-13(10-5-6-20-8-10)9-3-4-12(15)11(7-9)14(16,17)18/h3-4,7,10,13,19H,2,5-6,8H2,1H3. The molecule has 0 bridgehead atoms. The van der Waals surface area contributed by atoms with Gasteiger partial charge >= 0.3 is 6.18 Å². The number of thioether (sulfide) groups is 1. The van der Waals surface area contributed by atoms with Crippen LogP contribution in [0.3, 0.4) is 0 Å². The molecule has 1 heterocycles. The lowest BCUT2D eigenvalue weighted by atomic mass is 9.91. The molecule has 1 aromatic carbocycles. The molecule has 2 unspecified atom stereocenters. The highest BCUT2D eigenvalue weighted by Crippen LogP contribution is 2.37. The van der Waals surface area contributed by atoms with E-state index < -0.39 is 17.6 Å². The summed E-state index contributed by atoms with van der Waals surface area (Å²) in [6.45, 7) is 2.59. The van der Waals surface area contributed by atoms with Crippen molar-refractivity contribution in [2.45, 2.75) is 25.6 Å². The molecule has 0 aromatic heterocycles. The van der Waals surface area contributed by atoms with E-state index in [-0.39, 0.29) is 6.04 Å². The average Bonchev–Trinajstić information content (AvgIpc) is 2.89. The molecule has 112 valence electrons. The van der Waals surface area contributed by atoms with Gasteiger partial charge in [-0.1, -0.05) is 13.0 Å². The van der Waals surface area contributed by atoms with Gasteiger partial charge in [0.2, 0.25) is 0 Å². The van der Waals surface area contributed by atoms with Gasteiger partial charge in [0.1, 0.15) is 5.82 Å². The first kappa shape index (κ1) is 15.6. The van der Waals surface area contributed by atoms with Gasteiger partial charge in [-0.05, 0) is 48.1 Å². The highest BCUT2D eigenvalue weighted by atomic mass is 32.2. The molecule has 1 saturated heterocycles. The largest absolute Gasteiger partial charge is 0.419 e. The summed E-state index contributed by atoms with van der Waals surface area (Å²) in [5.41, 5.74) is -0.656. The van der Waals surface area contributed by atoms with Crippen molar-refractivity contribution >= 4 is 11.8 Å². The van der Waals surface area contributed by atoms with E-state index in [9.17, 15) is 17.6 Å². The molecule has 2 atom stereocenters. The molecule has 1 nitrogen and oxygen atoms in total. The van der Waals surface area contributed by atoms with Crippen LogP contribution in [0.5, 0.6) is 0 Å². The van der Waals surface area contributed by atoms with Gasteiger partial charge in [-0.2, -0.15) is 24.9 Å². The lowest BCUT2D eigenvalue weighted by molar-refractivity contribution is -0.140. The molecular formula is C14H17F4NS. The van der Waals surface area contributed by atoms with Gasteiger partial charge in [-0.15, -0.1) is 0 Å². The molecule has 1 fully saturated rings. The Hall–Kier alpha value is -0.750. The van der Waals surface area contributed by atoms with E-state index in [1.165, 1.54) is 6.07 Å². The van der Waals surface area contributed by atoms with E-state index >= 15 is 0 Å². The van der Waals surface area contributed by atoms with Gasteiger partial charge in [-0.3, -0.25) is 0 Å². The van der Waals surface area contributed by atoms with Crippen molar-refractivity contribution in [2.24, 2.45) is 5.92 Å². The zero-order valence-corrected chi connectivity index (χ0v) is 12.0. The van der Waals surface area contributed by atoms with E-state index in [1.54, 1.807) is 0 Å². The van der Waals surface area contributed by atoms with Crippen LogP contribution in [0.2, 0.25) is 0 Å². The van der Waals surface area contributed by atoms with E-state index in [1.807, 2.05) is 18.7 Å². The second kappa shape index (κ2) is 6.35. The second-order valence-electron chi connectivity index (χ2n) is 4.90. The summed E-state index contributed by atoms with van der Waals surface area (Å²) in [6.07, 6.45) is -3.68. The van der Waals surface area contributed by atoms with Gasteiger partial charge in [0, 0.05) is 6.04 Å². The smallest absolute Gasteiger partial charge is 0.310 e. The number of alkyl halides is 3. The topological polar surface area (TPSA) is 12.0 Å². The predicted molar refractivity (Wildman–Crippen MR) is 73.3 cm³/mol. The minimum Gasteiger partial charge on any atom is -0.310 e. The Kier molecular flexibility index (Phi) is 4.96. The van der Waals surface area contributed by atoms with Crippen LogP contribution in [-0.2, 0) is 6.18 Å². The highest BCUT2D eigenvalue weighted by molar-refractivity contribution is 7.99. The fourth-order valence-corrected chi connectivity index (χ4v) is 3.84. The number of hydrogen-bond acceptors (Lipinski definition) is 2. The molecule has 0 spiro atoms. The number of rotatable bonds is 4. The first-order valence-corrected chi connectivity index (χ1v) is 7.76. The van der Waals surface area contributed by atoms with Gasteiger partial charge in [0.05, 0.1) is 5.56 Å². The van der Waals surface area contributed by atoms with Crippen LogP contribution in [0.15, 0.2) is 18.2 Å². The molecule has 1 aromatic rings. The number of benzene rings is 1. The lowest BCUT2D eigenvalue weighted by Gasteiger charge is -2.25. The maximum Gasteiger partial charge on any atom is 0.419 e. The third-order valence-electron chi connectivity index (χ3n) is 3.52. The van der Waals surface area contributed by atoms with Crippen molar-refractivity contribution in [3.05, 3.63) is 35.1 Å². The molecule has 0 aliphatic carbocycles. The minimum absolute atomic E-state index is 0.142. The molecule has 0 radical (unpaired) electrons. The Morgan fingerprint density at radius 1 is 1.40 bits per heavy atom. The van der Waals surface area contributed by atoms with Crippen LogP contribution in [0.1, 0.15) is 30.5 Å². The van der Waals surface area contributed by atoms with Crippen LogP contribution in [0, 0.1) is 11.7 Å². The third-order valence-corrected chi connectivity index (χ3v) is 4.70. The van der Waals surface area contributed by atoms with Crippen molar-refractivity contribution in [3.63, 3.8) is 0 Å². The van der Waals surface area contributed by atoms with Crippen LogP contribution < -0.4 is 5.32 Å². The summed E-state index contributed by atoms with van der Waals surface area (Å²) < 4.78 is 51.7. The normalized spacial score (nSPS) is 21.1. The molecule has 6 heteroatoms. The summed E-state index contributed by atoms with van der Waals surface area (Å²) in [5, 5.41) is 3.24. The maximum absolute atomic E-state index is 13.3. The summed E-state index contributed by atoms with van der Waals surface area (Å²) in [7, 11) is 0. The van der Waals surface area contributed by atoms with Crippen molar-refractivity contribution < 1.29 is 17.6 Å². The fraction of sp³-hybridized carbons (Fsp3) is 0.571. The van der Waals surface area contributed by atoms with Crippen molar-refractivity contribution in [3.8, 4) is 0 Å². The quantitative estimate of drug-likeness (QED) is 0.835. The molecule has 0 saturated carbocycles. The molecule has 20 heavy (non-hydrogen) atoms. The van der Waals surface area contributed by atoms with E-state index in [2.05, 4.69) is 5.32 Å². The zero-order valence-electron chi connectivity index (χ0n) is 11.1. The number of hydrogen-bond donors (Lipinski definition) is 1. The van der Waals surface area contributed by atoms with Gasteiger partial charge in [0.15, 0.2) is 0 Å². The van der Waals surface area contributed by atoms with Gasteiger partial charge in [0.25, 0.3) is 0 Å². The van der Waals surface area contributed by atoms with Crippen LogP contribution in [-0.4, -0.2) is 18.1 Å². The molecule has 2 rings (SSSR count). The Labute approximate surface area is 120 Å². The average molecular weight is 307 g/mol. The molecule has 0 amide bonds. The molecule has 1 aliphatic heterocycles. The summed E-state index contributed by atoms with van der Waals surface area (Å²) in [6, 6.07) is 3.19. The fourth-order valence-electron chi connectivity index (χ4n) is 2.55. The first-order valence-electron chi connectivity index (χ1n) is 6.61. The van der Waals surface area contributed by atoms with Crippen molar-refractivity contribution in [1.29, 1.82) is 0 Å². The summed E-state index contributed by atoms with van der Waals surface area (Å²) in [5.74, 6) is 1.04. The Morgan fingerprint density at radius 2 is 2.15 bits per heavy atom. The summed E-state index contributed by atoms with van der Waals surface area (Å²) >= 11 is 1.81. The maximum atomic E-state index is 13.3. The highest BCUT2D eigenvalue weighted by Gasteiger charge is 2.35. The number of nitrogens with one attached hydrogen (secondary N) is 1. The molecule has 1 N–H and O–H groups in total. The minimum atomic E-state index is -4.65. The zero-order chi connectivity index (χ0) is 14.8. The van der Waals surface area contributed by atoms with Crippen LogP contribution in [0.25, 0.3) is 0 Å². The van der Waals surface area contributed by atoms with Gasteiger partial charge < -0.3 is 5.32 Å². The number of halogens is 4. The first-order chi connectivity index (χ1) is 9.43. The van der Waals surface area contributed by atoms with E-state index in [0.29, 0.717) is 18.0 Å². The Bertz CT molecular complexity index is 455. The van der Waals surface area contributed by atoms with Crippen molar-refractivity contribution in [1.82, 2.24) is 5.32 Å². The van der Waals surface area contributed by atoms with Gasteiger partial charge in [-0.25, -0.2) is 4.39 Å². The van der Waals surface area contributed by atoms with Crippen LogP contribution in [0.4, 0.5) is 17.6 Å². The predicted octanol–water partition coefficient (Wildman–Crippen LogP) is 4.25. The summed E-state index contributed by atoms with van der Waals surface area (Å²) in [4.78, 5) is 0. The lowest BCUT2D eigenvalue weighted by Crippen LogP contribution is -2.28. The molecular weight excluding hydrogens is 290 g/mol. The van der Waals surface area contributed by atoms with Crippen molar-refractivity contribution in [2.75, 3.05) is 18.1 Å².